The third-order valence-corrected chi connectivity index (χ3v) is 4.84. The zero-order valence-corrected chi connectivity index (χ0v) is 12.0. The molecule has 0 aliphatic heterocycles. The second-order valence-corrected chi connectivity index (χ2v) is 7.27. The van der Waals surface area contributed by atoms with E-state index in [1.165, 1.54) is 18.3 Å². The Morgan fingerprint density at radius 1 is 1.38 bits per heavy atom. The molecule has 1 heterocycles. The average Bonchev–Trinajstić information content (AvgIpc) is 3.07. The fourth-order valence-electron chi connectivity index (χ4n) is 2.28. The zero-order chi connectivity index (χ0) is 15.3. The van der Waals surface area contributed by atoms with E-state index in [9.17, 15) is 17.6 Å². The second-order valence-electron chi connectivity index (χ2n) is 5.26. The van der Waals surface area contributed by atoms with Gasteiger partial charge in [-0.15, -0.1) is 0 Å². The normalized spacial score (nSPS) is 16.7. The average molecular weight is 309 g/mol. The molecule has 5 nitrogen and oxygen atoms in total. The highest BCUT2D eigenvalue weighted by molar-refractivity contribution is 7.90. The van der Waals surface area contributed by atoms with Crippen molar-refractivity contribution < 1.29 is 22.1 Å². The van der Waals surface area contributed by atoms with Gasteiger partial charge in [-0.05, 0) is 31.0 Å². The van der Waals surface area contributed by atoms with Crippen molar-refractivity contribution in [1.29, 1.82) is 0 Å². The van der Waals surface area contributed by atoms with E-state index < -0.39 is 21.1 Å². The summed E-state index contributed by atoms with van der Waals surface area (Å²) in [6, 6.07) is 3.58. The highest BCUT2D eigenvalue weighted by Gasteiger charge is 2.47. The van der Waals surface area contributed by atoms with Crippen LogP contribution >= 0.6 is 0 Å². The quantitative estimate of drug-likeness (QED) is 0.808. The predicted octanol–water partition coefficient (Wildman–Crippen LogP) is 2.11. The number of carbonyl (C=O) groups is 1. The van der Waals surface area contributed by atoms with Crippen molar-refractivity contribution >= 4 is 16.1 Å². The van der Waals surface area contributed by atoms with Crippen molar-refractivity contribution in [3.63, 3.8) is 0 Å². The third kappa shape index (κ3) is 2.27. The van der Waals surface area contributed by atoms with Crippen LogP contribution in [0.5, 0.6) is 0 Å². The first kappa shape index (κ1) is 13.9. The van der Waals surface area contributed by atoms with Crippen LogP contribution in [-0.2, 0) is 20.0 Å². The van der Waals surface area contributed by atoms with Crippen LogP contribution in [0, 0.1) is 5.82 Å². The maximum absolute atomic E-state index is 14.2. The molecule has 2 aromatic rings. The Bertz CT molecular complexity index is 821. The minimum absolute atomic E-state index is 0.100. The van der Waals surface area contributed by atoms with Gasteiger partial charge in [0.2, 0.25) is 0 Å². The Balaban J connectivity index is 2.11. The molecule has 1 aromatic heterocycles. The molecule has 1 aliphatic carbocycles. The molecular weight excluding hydrogens is 297 g/mol. The smallest absolute Gasteiger partial charge is 0.175 e. The molecule has 110 valence electrons. The summed E-state index contributed by atoms with van der Waals surface area (Å²) >= 11 is 0. The van der Waals surface area contributed by atoms with E-state index in [0.29, 0.717) is 18.4 Å². The molecule has 0 atom stereocenters. The number of benzene rings is 1. The van der Waals surface area contributed by atoms with E-state index >= 15 is 0 Å². The van der Waals surface area contributed by atoms with Gasteiger partial charge in [0.05, 0.1) is 22.1 Å². The standard InChI is InChI=1S/C14H12FNO4S/c1-21(18,19)9-2-3-10(12(15)6-9)13-11(7-16-20-13)14(8-17)4-5-14/h2-3,6-8H,4-5H2,1H3. The minimum atomic E-state index is -3.48. The lowest BCUT2D eigenvalue weighted by Gasteiger charge is -2.08. The molecule has 7 heteroatoms. The number of carbonyl (C=O) groups excluding carboxylic acids is 1. The molecule has 1 saturated carbocycles. The lowest BCUT2D eigenvalue weighted by atomic mass is 9.95. The van der Waals surface area contributed by atoms with Gasteiger partial charge in [0.1, 0.15) is 12.1 Å². The third-order valence-electron chi connectivity index (χ3n) is 3.73. The van der Waals surface area contributed by atoms with Gasteiger partial charge < -0.3 is 9.32 Å². The number of sulfone groups is 1. The number of rotatable bonds is 4. The molecule has 0 unspecified atom stereocenters. The Hall–Kier alpha value is -2.02. The van der Waals surface area contributed by atoms with Crippen molar-refractivity contribution in [3.05, 3.63) is 35.8 Å². The van der Waals surface area contributed by atoms with Gasteiger partial charge in [-0.1, -0.05) is 5.16 Å². The van der Waals surface area contributed by atoms with Crippen molar-refractivity contribution in [2.45, 2.75) is 23.2 Å². The van der Waals surface area contributed by atoms with Gasteiger partial charge in [-0.2, -0.15) is 0 Å². The van der Waals surface area contributed by atoms with Crippen molar-refractivity contribution in [3.8, 4) is 11.3 Å². The van der Waals surface area contributed by atoms with E-state index in [1.54, 1.807) is 0 Å². The molecule has 0 spiro atoms. The largest absolute Gasteiger partial charge is 0.356 e. The van der Waals surface area contributed by atoms with E-state index in [0.717, 1.165) is 18.6 Å². The van der Waals surface area contributed by atoms with Crippen LogP contribution in [-0.4, -0.2) is 26.1 Å². The van der Waals surface area contributed by atoms with E-state index in [2.05, 4.69) is 5.16 Å². The molecule has 1 aliphatic rings. The van der Waals surface area contributed by atoms with E-state index in [1.807, 2.05) is 0 Å². The Morgan fingerprint density at radius 2 is 2.10 bits per heavy atom. The van der Waals surface area contributed by atoms with Crippen LogP contribution in [0.2, 0.25) is 0 Å². The summed E-state index contributed by atoms with van der Waals surface area (Å²) in [6.45, 7) is 0. The Kier molecular flexibility index (Phi) is 2.98. The SMILES string of the molecule is CS(=O)(=O)c1ccc(-c2oncc2C2(C=O)CC2)c(F)c1. The first-order chi connectivity index (χ1) is 9.87. The van der Waals surface area contributed by atoms with Gasteiger partial charge >= 0.3 is 0 Å². The molecule has 0 radical (unpaired) electrons. The van der Waals surface area contributed by atoms with Crippen molar-refractivity contribution in [2.75, 3.05) is 6.26 Å². The maximum Gasteiger partial charge on any atom is 0.175 e. The molecule has 1 fully saturated rings. The fraction of sp³-hybridized carbons (Fsp3) is 0.286. The summed E-state index contributed by atoms with van der Waals surface area (Å²) in [5, 5.41) is 3.65. The van der Waals surface area contributed by atoms with Gasteiger partial charge in [-0.25, -0.2) is 12.8 Å². The number of hydrogen-bond acceptors (Lipinski definition) is 5. The monoisotopic (exact) mass is 309 g/mol. The van der Waals surface area contributed by atoms with Crippen molar-refractivity contribution in [1.82, 2.24) is 5.16 Å². The van der Waals surface area contributed by atoms with Crippen LogP contribution in [0.1, 0.15) is 18.4 Å². The summed E-state index contributed by atoms with van der Waals surface area (Å²) in [5.74, 6) is -0.547. The Labute approximate surface area is 120 Å². The lowest BCUT2D eigenvalue weighted by Crippen LogP contribution is -2.08. The predicted molar refractivity (Wildman–Crippen MR) is 72.0 cm³/mol. The summed E-state index contributed by atoms with van der Waals surface area (Å²) in [5.41, 5.74) is 0.00335. The molecule has 3 rings (SSSR count). The number of halogens is 1. The highest BCUT2D eigenvalue weighted by Crippen LogP contribution is 2.49. The van der Waals surface area contributed by atoms with Crippen LogP contribution in [0.15, 0.2) is 33.8 Å². The highest BCUT2D eigenvalue weighted by atomic mass is 32.2. The van der Waals surface area contributed by atoms with E-state index in [-0.39, 0.29) is 16.2 Å². The first-order valence-electron chi connectivity index (χ1n) is 6.29. The van der Waals surface area contributed by atoms with Crippen LogP contribution in [0.3, 0.4) is 0 Å². The molecule has 21 heavy (non-hydrogen) atoms. The molecule has 0 amide bonds. The molecular formula is C14H12FNO4S. The first-order valence-corrected chi connectivity index (χ1v) is 8.18. The molecule has 0 saturated heterocycles. The van der Waals surface area contributed by atoms with Crippen LogP contribution in [0.4, 0.5) is 4.39 Å². The van der Waals surface area contributed by atoms with Crippen LogP contribution in [0.25, 0.3) is 11.3 Å². The molecule has 0 N–H and O–H groups in total. The van der Waals surface area contributed by atoms with Gasteiger partial charge in [0, 0.05) is 11.8 Å². The Morgan fingerprint density at radius 3 is 2.62 bits per heavy atom. The van der Waals surface area contributed by atoms with Gasteiger partial charge in [-0.3, -0.25) is 0 Å². The van der Waals surface area contributed by atoms with E-state index in [4.69, 9.17) is 4.52 Å². The second kappa shape index (κ2) is 4.49. The van der Waals surface area contributed by atoms with Gasteiger partial charge in [0.15, 0.2) is 15.6 Å². The fourth-order valence-corrected chi connectivity index (χ4v) is 2.92. The minimum Gasteiger partial charge on any atom is -0.356 e. The molecule has 1 aromatic carbocycles. The summed E-state index contributed by atoms with van der Waals surface area (Å²) < 4.78 is 42.1. The number of nitrogens with zero attached hydrogens (tertiary/aromatic N) is 1. The summed E-state index contributed by atoms with van der Waals surface area (Å²) in [4.78, 5) is 11.1. The number of aldehydes is 1. The zero-order valence-electron chi connectivity index (χ0n) is 11.2. The van der Waals surface area contributed by atoms with Gasteiger partial charge in [0.25, 0.3) is 0 Å². The summed E-state index contributed by atoms with van der Waals surface area (Å²) in [6.07, 6.45) is 4.60. The number of aromatic nitrogens is 1. The van der Waals surface area contributed by atoms with Crippen molar-refractivity contribution in [2.24, 2.45) is 0 Å². The maximum atomic E-state index is 14.2. The molecule has 0 bridgehead atoms. The lowest BCUT2D eigenvalue weighted by molar-refractivity contribution is -0.109. The summed E-state index contributed by atoms with van der Waals surface area (Å²) in [7, 11) is -3.48. The van der Waals surface area contributed by atoms with Crippen LogP contribution < -0.4 is 0 Å². The number of hydrogen-bond donors (Lipinski definition) is 0. The topological polar surface area (TPSA) is 77.2 Å².